The van der Waals surface area contributed by atoms with Crippen LogP contribution in [0.3, 0.4) is 0 Å². The number of carbonyl (C=O) groups is 1. The van der Waals surface area contributed by atoms with Gasteiger partial charge >= 0.3 is 5.97 Å². The van der Waals surface area contributed by atoms with Crippen molar-refractivity contribution in [2.24, 2.45) is 5.92 Å². The van der Waals surface area contributed by atoms with Gasteiger partial charge < -0.3 is 9.84 Å². The van der Waals surface area contributed by atoms with Crippen LogP contribution in [0, 0.1) is 5.92 Å². The molecular weight excluding hydrogens is 274 g/mol. The molecule has 2 rings (SSSR count). The summed E-state index contributed by atoms with van der Waals surface area (Å²) in [6.07, 6.45) is 5.36. The van der Waals surface area contributed by atoms with Crippen LogP contribution in [-0.2, 0) is 9.53 Å². The highest BCUT2D eigenvalue weighted by molar-refractivity contribution is 8.00. The van der Waals surface area contributed by atoms with E-state index in [1.165, 1.54) is 12.8 Å². The van der Waals surface area contributed by atoms with Crippen molar-refractivity contribution in [2.45, 2.75) is 62.8 Å². The van der Waals surface area contributed by atoms with Crippen molar-refractivity contribution in [1.29, 1.82) is 0 Å². The Hall–Kier alpha value is -0.260. The maximum atomic E-state index is 12.5. The van der Waals surface area contributed by atoms with E-state index < -0.39 is 5.54 Å². The quantitative estimate of drug-likeness (QED) is 0.604. The number of hydrogen-bond acceptors (Lipinski definition) is 5. The summed E-state index contributed by atoms with van der Waals surface area (Å²) in [6.45, 7) is 4.63. The summed E-state index contributed by atoms with van der Waals surface area (Å²) in [6, 6.07) is 0.494. The molecule has 0 saturated heterocycles. The molecule has 0 bridgehead atoms. The van der Waals surface area contributed by atoms with Crippen LogP contribution < -0.4 is 5.32 Å². The molecule has 0 aromatic rings. The summed E-state index contributed by atoms with van der Waals surface area (Å²) >= 11 is 1.78. The predicted molar refractivity (Wildman–Crippen MR) is 81.9 cm³/mol. The Balaban J connectivity index is 2.02. The van der Waals surface area contributed by atoms with Crippen molar-refractivity contribution in [2.75, 3.05) is 19.0 Å². The molecule has 2 fully saturated rings. The fourth-order valence-electron chi connectivity index (χ4n) is 2.53. The molecule has 2 unspecified atom stereocenters. The fourth-order valence-corrected chi connectivity index (χ4v) is 3.79. The second kappa shape index (κ2) is 7.14. The van der Waals surface area contributed by atoms with E-state index in [9.17, 15) is 4.79 Å². The molecule has 4 nitrogen and oxygen atoms in total. The first-order valence-electron chi connectivity index (χ1n) is 7.79. The second-order valence-corrected chi connectivity index (χ2v) is 7.45. The van der Waals surface area contributed by atoms with Crippen molar-refractivity contribution >= 4 is 17.7 Å². The third-order valence-corrected chi connectivity index (χ3v) is 5.51. The summed E-state index contributed by atoms with van der Waals surface area (Å²) in [5, 5.41) is 13.0. The van der Waals surface area contributed by atoms with E-state index in [0.29, 0.717) is 23.8 Å². The van der Waals surface area contributed by atoms with Crippen LogP contribution in [0.25, 0.3) is 0 Å². The summed E-state index contributed by atoms with van der Waals surface area (Å²) in [5.74, 6) is 1.11. The van der Waals surface area contributed by atoms with Crippen LogP contribution in [-0.4, -0.2) is 46.9 Å². The van der Waals surface area contributed by atoms with E-state index >= 15 is 0 Å². The number of nitrogens with one attached hydrogen (secondary N) is 1. The molecule has 116 valence electrons. The highest BCUT2D eigenvalue weighted by Gasteiger charge is 2.53. The zero-order chi connectivity index (χ0) is 14.6. The number of aliphatic hydroxyl groups excluding tert-OH is 1. The Labute approximate surface area is 126 Å². The molecule has 0 radical (unpaired) electrons. The minimum Gasteiger partial charge on any atom is -0.465 e. The molecule has 0 aromatic carbocycles. The standard InChI is InChI=1S/C15H27NO3S/c1-3-19-14(18)15(12-4-5-12,16-13-6-7-13)10-20-11(2)8-9-17/h11-13,16-17H,3-10H2,1-2H3. The number of carbonyl (C=O) groups excluding carboxylic acids is 1. The molecule has 0 aromatic heterocycles. The largest absolute Gasteiger partial charge is 0.465 e. The van der Waals surface area contributed by atoms with Crippen LogP contribution in [0.15, 0.2) is 0 Å². The topological polar surface area (TPSA) is 58.6 Å². The molecule has 2 saturated carbocycles. The lowest BCUT2D eigenvalue weighted by molar-refractivity contribution is -0.151. The van der Waals surface area contributed by atoms with E-state index in [-0.39, 0.29) is 12.6 Å². The second-order valence-electron chi connectivity index (χ2n) is 6.02. The Bertz CT molecular complexity index is 331. The summed E-state index contributed by atoms with van der Waals surface area (Å²) in [7, 11) is 0. The van der Waals surface area contributed by atoms with E-state index in [4.69, 9.17) is 9.84 Å². The van der Waals surface area contributed by atoms with E-state index in [2.05, 4.69) is 12.2 Å². The van der Waals surface area contributed by atoms with Gasteiger partial charge in [-0.05, 0) is 44.9 Å². The van der Waals surface area contributed by atoms with Gasteiger partial charge in [-0.1, -0.05) is 6.92 Å². The minimum atomic E-state index is -0.494. The highest BCUT2D eigenvalue weighted by Crippen LogP contribution is 2.44. The van der Waals surface area contributed by atoms with E-state index in [0.717, 1.165) is 25.0 Å². The molecule has 0 spiro atoms. The van der Waals surface area contributed by atoms with E-state index in [1.807, 2.05) is 6.92 Å². The summed E-state index contributed by atoms with van der Waals surface area (Å²) in [5.41, 5.74) is -0.494. The third-order valence-electron chi connectivity index (χ3n) is 4.08. The maximum Gasteiger partial charge on any atom is 0.327 e. The Morgan fingerprint density at radius 1 is 1.45 bits per heavy atom. The number of ether oxygens (including phenoxy) is 1. The van der Waals surface area contributed by atoms with Gasteiger partial charge in [0.05, 0.1) is 6.61 Å². The van der Waals surface area contributed by atoms with Gasteiger partial charge in [-0.25, -0.2) is 0 Å². The molecule has 20 heavy (non-hydrogen) atoms. The summed E-state index contributed by atoms with van der Waals surface area (Å²) in [4.78, 5) is 12.5. The normalized spacial score (nSPS) is 23.1. The van der Waals surface area contributed by atoms with Gasteiger partial charge in [0.15, 0.2) is 0 Å². The Morgan fingerprint density at radius 3 is 2.65 bits per heavy atom. The average molecular weight is 301 g/mol. The zero-order valence-electron chi connectivity index (χ0n) is 12.6. The van der Waals surface area contributed by atoms with Gasteiger partial charge in [0.1, 0.15) is 5.54 Å². The molecule has 0 aliphatic heterocycles. The highest BCUT2D eigenvalue weighted by atomic mass is 32.2. The SMILES string of the molecule is CCOC(=O)C(CSC(C)CCO)(NC1CC1)C1CC1. The molecule has 2 atom stereocenters. The van der Waals surface area contributed by atoms with Gasteiger partial charge in [0, 0.05) is 23.7 Å². The average Bonchev–Trinajstić information content (AvgIpc) is 3.27. The third kappa shape index (κ3) is 4.12. The minimum absolute atomic E-state index is 0.0712. The van der Waals surface area contributed by atoms with Gasteiger partial charge in [-0.15, -0.1) is 0 Å². The lowest BCUT2D eigenvalue weighted by Crippen LogP contribution is -2.58. The van der Waals surface area contributed by atoms with Crippen LogP contribution in [0.4, 0.5) is 0 Å². The number of rotatable bonds is 10. The van der Waals surface area contributed by atoms with Gasteiger partial charge in [-0.2, -0.15) is 11.8 Å². The van der Waals surface area contributed by atoms with E-state index in [1.54, 1.807) is 11.8 Å². The predicted octanol–water partition coefficient (Wildman–Crippen LogP) is 1.95. The monoisotopic (exact) mass is 301 g/mol. The zero-order valence-corrected chi connectivity index (χ0v) is 13.4. The van der Waals surface area contributed by atoms with Crippen LogP contribution in [0.5, 0.6) is 0 Å². The number of thioether (sulfide) groups is 1. The molecule has 5 heteroatoms. The van der Waals surface area contributed by atoms with Crippen molar-refractivity contribution in [1.82, 2.24) is 5.32 Å². The Morgan fingerprint density at radius 2 is 2.15 bits per heavy atom. The maximum absolute atomic E-state index is 12.5. The molecule has 0 amide bonds. The van der Waals surface area contributed by atoms with Gasteiger partial charge in [0.2, 0.25) is 0 Å². The van der Waals surface area contributed by atoms with Gasteiger partial charge in [0.25, 0.3) is 0 Å². The molecule has 2 aliphatic carbocycles. The molecular formula is C15H27NO3S. The number of esters is 1. The van der Waals surface area contributed by atoms with Crippen molar-refractivity contribution in [3.63, 3.8) is 0 Å². The van der Waals surface area contributed by atoms with Crippen molar-refractivity contribution < 1.29 is 14.6 Å². The Kier molecular flexibility index (Phi) is 5.75. The van der Waals surface area contributed by atoms with Crippen LogP contribution in [0.2, 0.25) is 0 Å². The number of aliphatic hydroxyl groups is 1. The van der Waals surface area contributed by atoms with Crippen LogP contribution in [0.1, 0.15) is 46.0 Å². The van der Waals surface area contributed by atoms with Gasteiger partial charge in [-0.3, -0.25) is 10.1 Å². The first-order chi connectivity index (χ1) is 9.62. The summed E-state index contributed by atoms with van der Waals surface area (Å²) < 4.78 is 5.37. The van der Waals surface area contributed by atoms with Crippen LogP contribution >= 0.6 is 11.8 Å². The molecule has 0 heterocycles. The number of hydrogen-bond donors (Lipinski definition) is 2. The van der Waals surface area contributed by atoms with Crippen molar-refractivity contribution in [3.8, 4) is 0 Å². The smallest absolute Gasteiger partial charge is 0.327 e. The first-order valence-corrected chi connectivity index (χ1v) is 8.84. The lowest BCUT2D eigenvalue weighted by atomic mass is 9.95. The molecule has 2 aliphatic rings. The first kappa shape index (κ1) is 16.1. The molecule has 2 N–H and O–H groups in total. The lowest BCUT2D eigenvalue weighted by Gasteiger charge is -2.33. The van der Waals surface area contributed by atoms with Crippen molar-refractivity contribution in [3.05, 3.63) is 0 Å². The fraction of sp³-hybridized carbons (Fsp3) is 0.933.